The van der Waals surface area contributed by atoms with Crippen molar-refractivity contribution < 1.29 is 14.8 Å². The fourth-order valence-corrected chi connectivity index (χ4v) is 2.79. The van der Waals surface area contributed by atoms with Crippen LogP contribution in [0.3, 0.4) is 0 Å². The molecule has 0 radical (unpaired) electrons. The first-order valence-electron chi connectivity index (χ1n) is 6.17. The Kier molecular flexibility index (Phi) is 3.43. The Labute approximate surface area is 128 Å². The first kappa shape index (κ1) is 14.0. The van der Waals surface area contributed by atoms with Crippen LogP contribution in [0.4, 0.5) is 21.9 Å². The summed E-state index contributed by atoms with van der Waals surface area (Å²) in [5.74, 6) is 0. The quantitative estimate of drug-likeness (QED) is 0.581. The van der Waals surface area contributed by atoms with Crippen LogP contribution < -0.4 is 4.90 Å². The standard InChI is InChI=1S/C14H9N3O4S/c18-14(19)16(9-1-3-10(4-2-9)17(20)21)11-5-6-12-13(7-11)22-8-15-12/h1-8H,(H,18,19). The van der Waals surface area contributed by atoms with Crippen molar-refractivity contribution in [2.24, 2.45) is 0 Å². The molecular formula is C14H9N3O4S. The van der Waals surface area contributed by atoms with Crippen molar-refractivity contribution in [2.45, 2.75) is 0 Å². The molecule has 8 heteroatoms. The second-order valence-electron chi connectivity index (χ2n) is 4.40. The number of thiazole rings is 1. The number of carbonyl (C=O) groups is 1. The topological polar surface area (TPSA) is 96.6 Å². The van der Waals surface area contributed by atoms with Crippen molar-refractivity contribution in [3.05, 3.63) is 58.1 Å². The molecule has 0 bridgehead atoms. The highest BCUT2D eigenvalue weighted by Gasteiger charge is 2.18. The van der Waals surface area contributed by atoms with E-state index in [1.54, 1.807) is 23.7 Å². The van der Waals surface area contributed by atoms with Gasteiger partial charge in [0.05, 0.1) is 32.0 Å². The monoisotopic (exact) mass is 315 g/mol. The molecule has 22 heavy (non-hydrogen) atoms. The fourth-order valence-electron chi connectivity index (χ4n) is 2.08. The van der Waals surface area contributed by atoms with Gasteiger partial charge >= 0.3 is 6.09 Å². The Morgan fingerprint density at radius 2 is 1.86 bits per heavy atom. The molecule has 1 amide bonds. The van der Waals surface area contributed by atoms with Gasteiger partial charge in [-0.25, -0.2) is 14.7 Å². The lowest BCUT2D eigenvalue weighted by molar-refractivity contribution is -0.384. The molecule has 0 saturated carbocycles. The number of rotatable bonds is 3. The van der Waals surface area contributed by atoms with Crippen molar-refractivity contribution in [1.29, 1.82) is 0 Å². The van der Waals surface area contributed by atoms with Gasteiger partial charge in [-0.05, 0) is 30.3 Å². The minimum Gasteiger partial charge on any atom is -0.464 e. The van der Waals surface area contributed by atoms with Crippen molar-refractivity contribution in [3.63, 3.8) is 0 Å². The van der Waals surface area contributed by atoms with Gasteiger partial charge < -0.3 is 5.11 Å². The van der Waals surface area contributed by atoms with Crippen LogP contribution in [0.1, 0.15) is 0 Å². The minimum absolute atomic E-state index is 0.0907. The number of anilines is 2. The van der Waals surface area contributed by atoms with Crippen LogP contribution in [0.15, 0.2) is 48.0 Å². The minimum atomic E-state index is -1.17. The smallest absolute Gasteiger partial charge is 0.416 e. The molecule has 0 atom stereocenters. The number of carboxylic acid groups (broad SMARTS) is 1. The van der Waals surface area contributed by atoms with E-state index in [1.807, 2.05) is 0 Å². The summed E-state index contributed by atoms with van der Waals surface area (Å²) < 4.78 is 0.866. The number of benzene rings is 2. The summed E-state index contributed by atoms with van der Waals surface area (Å²) in [6.07, 6.45) is -1.17. The first-order chi connectivity index (χ1) is 10.6. The van der Waals surface area contributed by atoms with Crippen molar-refractivity contribution in [1.82, 2.24) is 4.98 Å². The molecule has 3 aromatic rings. The third-order valence-electron chi connectivity index (χ3n) is 3.08. The maximum atomic E-state index is 11.6. The lowest BCUT2D eigenvalue weighted by atomic mass is 10.2. The Morgan fingerprint density at radius 3 is 2.50 bits per heavy atom. The van der Waals surface area contributed by atoms with E-state index in [2.05, 4.69) is 4.98 Å². The average Bonchev–Trinajstić information content (AvgIpc) is 2.95. The molecule has 0 spiro atoms. The molecule has 0 aliphatic rings. The number of nitro benzene ring substituents is 1. The molecule has 0 aliphatic carbocycles. The summed E-state index contributed by atoms with van der Waals surface area (Å²) in [7, 11) is 0. The Morgan fingerprint density at radius 1 is 1.18 bits per heavy atom. The van der Waals surface area contributed by atoms with Gasteiger partial charge in [0.2, 0.25) is 0 Å². The number of amides is 1. The van der Waals surface area contributed by atoms with Gasteiger partial charge in [0, 0.05) is 12.1 Å². The normalized spacial score (nSPS) is 10.5. The molecule has 2 aromatic carbocycles. The molecule has 0 saturated heterocycles. The fraction of sp³-hybridized carbons (Fsp3) is 0. The second kappa shape index (κ2) is 5.41. The predicted octanol–water partition coefficient (Wildman–Crippen LogP) is 4.02. The first-order valence-corrected chi connectivity index (χ1v) is 7.05. The van der Waals surface area contributed by atoms with Crippen LogP contribution in [0.25, 0.3) is 10.2 Å². The molecule has 1 heterocycles. The van der Waals surface area contributed by atoms with E-state index in [9.17, 15) is 20.0 Å². The Balaban J connectivity index is 2.05. The molecule has 1 N–H and O–H groups in total. The zero-order chi connectivity index (χ0) is 15.7. The largest absolute Gasteiger partial charge is 0.464 e. The molecular weight excluding hydrogens is 306 g/mol. The summed E-state index contributed by atoms with van der Waals surface area (Å²) in [5, 5.41) is 20.1. The zero-order valence-corrected chi connectivity index (χ0v) is 11.9. The van der Waals surface area contributed by atoms with Crippen molar-refractivity contribution in [2.75, 3.05) is 4.90 Å². The maximum Gasteiger partial charge on any atom is 0.416 e. The Bertz CT molecular complexity index is 860. The highest BCUT2D eigenvalue weighted by atomic mass is 32.1. The van der Waals surface area contributed by atoms with Gasteiger partial charge in [-0.3, -0.25) is 10.1 Å². The molecule has 7 nitrogen and oxygen atoms in total. The lowest BCUT2D eigenvalue weighted by Gasteiger charge is -2.19. The molecule has 0 fully saturated rings. The van der Waals surface area contributed by atoms with E-state index in [0.29, 0.717) is 11.4 Å². The van der Waals surface area contributed by atoms with Crippen LogP contribution >= 0.6 is 11.3 Å². The van der Waals surface area contributed by atoms with Gasteiger partial charge in [0.1, 0.15) is 0 Å². The molecule has 0 unspecified atom stereocenters. The van der Waals surface area contributed by atoms with Gasteiger partial charge in [0.25, 0.3) is 5.69 Å². The predicted molar refractivity (Wildman–Crippen MR) is 82.9 cm³/mol. The van der Waals surface area contributed by atoms with Gasteiger partial charge in [-0.15, -0.1) is 11.3 Å². The third-order valence-corrected chi connectivity index (χ3v) is 3.87. The van der Waals surface area contributed by atoms with Crippen molar-refractivity contribution >= 4 is 44.7 Å². The summed E-state index contributed by atoms with van der Waals surface area (Å²) in [4.78, 5) is 26.9. The molecule has 1 aromatic heterocycles. The third kappa shape index (κ3) is 2.47. The number of nitro groups is 1. The van der Waals surface area contributed by atoms with Gasteiger partial charge in [-0.2, -0.15) is 0 Å². The highest BCUT2D eigenvalue weighted by molar-refractivity contribution is 7.16. The van der Waals surface area contributed by atoms with Crippen LogP contribution in [-0.2, 0) is 0 Å². The zero-order valence-electron chi connectivity index (χ0n) is 11.0. The summed E-state index contributed by atoms with van der Waals surface area (Å²) >= 11 is 1.41. The van der Waals surface area contributed by atoms with Crippen LogP contribution in [0.2, 0.25) is 0 Å². The summed E-state index contributed by atoms with van der Waals surface area (Å²) in [6.45, 7) is 0. The number of nitrogens with zero attached hydrogens (tertiary/aromatic N) is 3. The number of hydrogen-bond donors (Lipinski definition) is 1. The van der Waals surface area contributed by atoms with Crippen LogP contribution in [-0.4, -0.2) is 21.1 Å². The summed E-state index contributed by atoms with van der Waals surface area (Å²) in [5.41, 5.74) is 3.18. The van der Waals surface area contributed by atoms with Gasteiger partial charge in [-0.1, -0.05) is 0 Å². The Hall–Kier alpha value is -3.00. The van der Waals surface area contributed by atoms with Crippen LogP contribution in [0, 0.1) is 10.1 Å². The van der Waals surface area contributed by atoms with E-state index in [-0.39, 0.29) is 5.69 Å². The number of hydrogen-bond acceptors (Lipinski definition) is 5. The molecule has 0 aliphatic heterocycles. The SMILES string of the molecule is O=C(O)N(c1ccc([N+](=O)[O-])cc1)c1ccc2ncsc2c1. The van der Waals surface area contributed by atoms with E-state index in [4.69, 9.17) is 0 Å². The summed E-state index contributed by atoms with van der Waals surface area (Å²) in [6, 6.07) is 10.5. The van der Waals surface area contributed by atoms with E-state index in [1.165, 1.54) is 35.6 Å². The van der Waals surface area contributed by atoms with E-state index in [0.717, 1.165) is 15.1 Å². The number of non-ortho nitro benzene ring substituents is 1. The average molecular weight is 315 g/mol. The molecule has 3 rings (SSSR count). The highest BCUT2D eigenvalue weighted by Crippen LogP contribution is 2.30. The second-order valence-corrected chi connectivity index (χ2v) is 5.28. The number of aromatic nitrogens is 1. The van der Waals surface area contributed by atoms with Crippen molar-refractivity contribution in [3.8, 4) is 0 Å². The van der Waals surface area contributed by atoms with E-state index >= 15 is 0 Å². The van der Waals surface area contributed by atoms with E-state index < -0.39 is 11.0 Å². The number of fused-ring (bicyclic) bond motifs is 1. The maximum absolute atomic E-state index is 11.6. The molecule has 110 valence electrons. The van der Waals surface area contributed by atoms with Gasteiger partial charge in [0.15, 0.2) is 0 Å². The lowest BCUT2D eigenvalue weighted by Crippen LogP contribution is -2.23. The van der Waals surface area contributed by atoms with Crippen LogP contribution in [0.5, 0.6) is 0 Å².